The molecular weight excluding hydrogens is 378 g/mol. The number of hydrogen-bond acceptors (Lipinski definition) is 6. The predicted octanol–water partition coefficient (Wildman–Crippen LogP) is 2.52. The smallest absolute Gasteiger partial charge is 0.273 e. The number of carbonyl (C=O) groups is 1. The number of nitrogen functional groups attached to an aromatic ring is 1. The minimum Gasteiger partial charge on any atom is -0.492 e. The minimum absolute atomic E-state index is 0.105. The van der Waals surface area contributed by atoms with Gasteiger partial charge in [-0.2, -0.15) is 0 Å². The van der Waals surface area contributed by atoms with E-state index in [-0.39, 0.29) is 17.4 Å². The molecule has 1 aliphatic rings. The van der Waals surface area contributed by atoms with Crippen molar-refractivity contribution in [3.05, 3.63) is 71.5 Å². The van der Waals surface area contributed by atoms with Crippen molar-refractivity contribution in [1.29, 1.82) is 0 Å². The quantitative estimate of drug-likeness (QED) is 0.657. The summed E-state index contributed by atoms with van der Waals surface area (Å²) in [4.78, 5) is 22.8. The highest BCUT2D eigenvalue weighted by molar-refractivity contribution is 5.96. The maximum absolute atomic E-state index is 11.9. The van der Waals surface area contributed by atoms with Crippen LogP contribution in [-0.4, -0.2) is 47.5 Å². The van der Waals surface area contributed by atoms with Crippen molar-refractivity contribution in [3.63, 3.8) is 0 Å². The molecule has 2 heterocycles. The molecule has 7 nitrogen and oxygen atoms in total. The van der Waals surface area contributed by atoms with Gasteiger partial charge in [-0.1, -0.05) is 36.4 Å². The van der Waals surface area contributed by atoms with Gasteiger partial charge >= 0.3 is 0 Å². The Hall–Kier alpha value is -3.45. The molecule has 4 rings (SSSR count). The number of ether oxygens (including phenoxy) is 1. The number of nitrogens with one attached hydrogen (secondary N) is 1. The molecule has 0 aliphatic carbocycles. The third kappa shape index (κ3) is 4.41. The van der Waals surface area contributed by atoms with Crippen LogP contribution >= 0.6 is 0 Å². The van der Waals surface area contributed by atoms with E-state index < -0.39 is 0 Å². The molecule has 1 aliphatic heterocycles. The third-order valence-corrected chi connectivity index (χ3v) is 5.26. The highest BCUT2D eigenvalue weighted by Crippen LogP contribution is 2.23. The van der Waals surface area contributed by atoms with Crippen molar-refractivity contribution in [1.82, 2.24) is 20.2 Å². The van der Waals surface area contributed by atoms with Crippen LogP contribution in [0.25, 0.3) is 11.3 Å². The Morgan fingerprint density at radius 3 is 2.87 bits per heavy atom. The van der Waals surface area contributed by atoms with Crippen molar-refractivity contribution in [2.75, 3.05) is 32.5 Å². The number of anilines is 1. The zero-order valence-corrected chi connectivity index (χ0v) is 17.0. The molecule has 0 radical (unpaired) electrons. The molecule has 3 N–H and O–H groups in total. The first-order chi connectivity index (χ1) is 14.6. The van der Waals surface area contributed by atoms with Crippen LogP contribution in [0.4, 0.5) is 5.82 Å². The summed E-state index contributed by atoms with van der Waals surface area (Å²) in [6, 6.07) is 16.2. The van der Waals surface area contributed by atoms with Crippen molar-refractivity contribution in [2.45, 2.75) is 13.0 Å². The Morgan fingerprint density at radius 1 is 1.20 bits per heavy atom. The average molecular weight is 403 g/mol. The molecule has 0 unspecified atom stereocenters. The van der Waals surface area contributed by atoms with Crippen LogP contribution in [0.1, 0.15) is 21.6 Å². The van der Waals surface area contributed by atoms with Gasteiger partial charge in [0.1, 0.15) is 12.4 Å². The molecule has 154 valence electrons. The second kappa shape index (κ2) is 8.92. The number of hydrogen-bond donors (Lipinski definition) is 2. The molecule has 7 heteroatoms. The number of aromatic nitrogens is 2. The monoisotopic (exact) mass is 403 g/mol. The summed E-state index contributed by atoms with van der Waals surface area (Å²) in [6.45, 7) is 3.47. The lowest BCUT2D eigenvalue weighted by molar-refractivity contribution is 0.0959. The first-order valence-corrected chi connectivity index (χ1v) is 10.0. The van der Waals surface area contributed by atoms with Crippen LogP contribution in [0, 0.1) is 0 Å². The second-order valence-electron chi connectivity index (χ2n) is 7.24. The number of carbonyl (C=O) groups excluding carboxylic acids is 1. The van der Waals surface area contributed by atoms with Gasteiger partial charge in [-0.15, -0.1) is 0 Å². The van der Waals surface area contributed by atoms with Crippen molar-refractivity contribution >= 4 is 11.7 Å². The van der Waals surface area contributed by atoms with Gasteiger partial charge in [0, 0.05) is 32.2 Å². The fraction of sp³-hybridized carbons (Fsp3) is 0.261. The van der Waals surface area contributed by atoms with Crippen LogP contribution < -0.4 is 15.8 Å². The number of nitrogens with two attached hydrogens (primary N) is 1. The molecule has 0 fully saturated rings. The molecule has 0 saturated heterocycles. The SMILES string of the molecule is CNC(=O)c1nc(-c2cccc(OCCN3CCc4ccccc4C3)c2)cnc1N. The molecule has 0 atom stereocenters. The average Bonchev–Trinajstić information content (AvgIpc) is 2.79. The summed E-state index contributed by atoms with van der Waals surface area (Å²) >= 11 is 0. The summed E-state index contributed by atoms with van der Waals surface area (Å²) in [5.41, 5.74) is 10.1. The lowest BCUT2D eigenvalue weighted by atomic mass is 10.0. The Kier molecular flexibility index (Phi) is 5.90. The minimum atomic E-state index is -0.364. The number of fused-ring (bicyclic) bond motifs is 1. The third-order valence-electron chi connectivity index (χ3n) is 5.26. The molecule has 2 aromatic carbocycles. The lowest BCUT2D eigenvalue weighted by Gasteiger charge is -2.28. The number of rotatable bonds is 6. The molecule has 3 aromatic rings. The molecule has 30 heavy (non-hydrogen) atoms. The van der Waals surface area contributed by atoms with Gasteiger partial charge in [-0.3, -0.25) is 9.69 Å². The van der Waals surface area contributed by atoms with Gasteiger partial charge in [-0.25, -0.2) is 9.97 Å². The fourth-order valence-electron chi connectivity index (χ4n) is 3.61. The predicted molar refractivity (Wildman–Crippen MR) is 116 cm³/mol. The van der Waals surface area contributed by atoms with Crippen LogP contribution in [0.5, 0.6) is 5.75 Å². The normalized spacial score (nSPS) is 13.5. The Bertz CT molecular complexity index is 1050. The van der Waals surface area contributed by atoms with E-state index in [0.29, 0.717) is 12.3 Å². The van der Waals surface area contributed by atoms with Gasteiger partial charge in [-0.05, 0) is 29.7 Å². The summed E-state index contributed by atoms with van der Waals surface area (Å²) in [7, 11) is 1.53. The number of amides is 1. The molecular formula is C23H25N5O2. The van der Waals surface area contributed by atoms with Gasteiger partial charge in [0.05, 0.1) is 11.9 Å². The summed E-state index contributed by atoms with van der Waals surface area (Å²) in [6.07, 6.45) is 2.64. The van der Waals surface area contributed by atoms with Crippen molar-refractivity contribution in [2.24, 2.45) is 0 Å². The van der Waals surface area contributed by atoms with Crippen LogP contribution in [0.15, 0.2) is 54.7 Å². The van der Waals surface area contributed by atoms with E-state index in [1.54, 1.807) is 6.20 Å². The van der Waals surface area contributed by atoms with Crippen molar-refractivity contribution in [3.8, 4) is 17.0 Å². The van der Waals surface area contributed by atoms with Crippen LogP contribution in [0.3, 0.4) is 0 Å². The summed E-state index contributed by atoms with van der Waals surface area (Å²) in [5.74, 6) is 0.496. The van der Waals surface area contributed by atoms with Gasteiger partial charge in [0.25, 0.3) is 5.91 Å². The zero-order valence-electron chi connectivity index (χ0n) is 17.0. The van der Waals surface area contributed by atoms with Gasteiger partial charge in [0.2, 0.25) is 0 Å². The molecule has 0 saturated carbocycles. The van der Waals surface area contributed by atoms with E-state index in [9.17, 15) is 4.79 Å². The summed E-state index contributed by atoms with van der Waals surface area (Å²) in [5, 5.41) is 2.53. The first-order valence-electron chi connectivity index (χ1n) is 10.0. The molecule has 0 bridgehead atoms. The Morgan fingerprint density at radius 2 is 2.03 bits per heavy atom. The molecule has 1 amide bonds. The largest absolute Gasteiger partial charge is 0.492 e. The fourth-order valence-corrected chi connectivity index (χ4v) is 3.61. The topological polar surface area (TPSA) is 93.4 Å². The zero-order chi connectivity index (χ0) is 20.9. The Labute approximate surface area is 175 Å². The number of benzene rings is 2. The molecule has 1 aromatic heterocycles. The standard InChI is InChI=1S/C23H25N5O2/c1-25-23(29)21-22(24)26-14-20(27-21)17-7-4-8-19(13-17)30-12-11-28-10-9-16-5-2-3-6-18(16)15-28/h2-8,13-14H,9-12,15H2,1H3,(H2,24,26)(H,25,29). The lowest BCUT2D eigenvalue weighted by Crippen LogP contribution is -2.33. The van der Waals surface area contributed by atoms with E-state index in [1.807, 2.05) is 24.3 Å². The second-order valence-corrected chi connectivity index (χ2v) is 7.24. The van der Waals surface area contributed by atoms with E-state index in [2.05, 4.69) is 44.5 Å². The highest BCUT2D eigenvalue weighted by atomic mass is 16.5. The Balaban J connectivity index is 1.39. The molecule has 0 spiro atoms. The van der Waals surface area contributed by atoms with E-state index in [0.717, 1.165) is 37.4 Å². The van der Waals surface area contributed by atoms with E-state index in [4.69, 9.17) is 10.5 Å². The summed E-state index contributed by atoms with van der Waals surface area (Å²) < 4.78 is 5.99. The van der Waals surface area contributed by atoms with E-state index >= 15 is 0 Å². The van der Waals surface area contributed by atoms with Crippen molar-refractivity contribution < 1.29 is 9.53 Å². The number of nitrogens with zero attached hydrogens (tertiary/aromatic N) is 3. The van der Waals surface area contributed by atoms with Crippen LogP contribution in [-0.2, 0) is 13.0 Å². The highest BCUT2D eigenvalue weighted by Gasteiger charge is 2.16. The van der Waals surface area contributed by atoms with Gasteiger partial charge < -0.3 is 15.8 Å². The first kappa shape index (κ1) is 19.8. The van der Waals surface area contributed by atoms with E-state index in [1.165, 1.54) is 18.2 Å². The maximum Gasteiger partial charge on any atom is 0.273 e. The van der Waals surface area contributed by atoms with Crippen LogP contribution in [0.2, 0.25) is 0 Å². The maximum atomic E-state index is 11.9. The van der Waals surface area contributed by atoms with Gasteiger partial charge in [0.15, 0.2) is 11.5 Å².